The molecule has 1 aliphatic carbocycles. The average molecular weight is 148 g/mol. The number of Topliss-reactive ketones (excluding diaryl/α,β-unsaturated/α-hetero) is 1. The second kappa shape index (κ2) is 1.48. The van der Waals surface area contributed by atoms with Gasteiger partial charge in [-0.15, -0.1) is 0 Å². The first-order valence-corrected chi connectivity index (χ1v) is 3.86. The van der Waals surface area contributed by atoms with Crippen molar-refractivity contribution >= 4 is 5.78 Å². The predicted molar refractivity (Wildman–Crippen MR) is 38.9 cm³/mol. The molecule has 3 rings (SSSR count). The van der Waals surface area contributed by atoms with E-state index in [1.165, 1.54) is 0 Å². The van der Waals surface area contributed by atoms with E-state index in [-0.39, 0.29) is 23.9 Å². The number of hydrogen-bond donors (Lipinski definition) is 0. The summed E-state index contributed by atoms with van der Waals surface area (Å²) >= 11 is 0. The summed E-state index contributed by atoms with van der Waals surface area (Å²) < 4.78 is 5.51. The van der Waals surface area contributed by atoms with Gasteiger partial charge in [0.1, 0.15) is 0 Å². The summed E-state index contributed by atoms with van der Waals surface area (Å²) in [5.74, 6) is 0.654. The fourth-order valence-corrected chi connectivity index (χ4v) is 2.32. The van der Waals surface area contributed by atoms with E-state index in [1.807, 2.05) is 12.2 Å². The summed E-state index contributed by atoms with van der Waals surface area (Å²) in [5.41, 5.74) is 0.770. The third-order valence-electron chi connectivity index (χ3n) is 2.92. The molecule has 56 valence electrons. The molecular formula is C9H8O2. The van der Waals surface area contributed by atoms with Crippen LogP contribution in [0.5, 0.6) is 0 Å². The highest BCUT2D eigenvalue weighted by Gasteiger charge is 2.58. The van der Waals surface area contributed by atoms with Gasteiger partial charge in [0.15, 0.2) is 5.78 Å². The first-order valence-electron chi connectivity index (χ1n) is 3.86. The Hall–Kier alpha value is -0.890. The molecule has 11 heavy (non-hydrogen) atoms. The van der Waals surface area contributed by atoms with Crippen molar-refractivity contribution in [2.75, 3.05) is 0 Å². The topological polar surface area (TPSA) is 26.3 Å². The molecule has 2 aliphatic heterocycles. The predicted octanol–water partition coefficient (Wildman–Crippen LogP) is 0.695. The highest BCUT2D eigenvalue weighted by molar-refractivity contribution is 6.05. The van der Waals surface area contributed by atoms with Crippen molar-refractivity contribution < 1.29 is 9.53 Å². The number of hydrogen-bond acceptors (Lipinski definition) is 2. The van der Waals surface area contributed by atoms with Crippen LogP contribution >= 0.6 is 0 Å². The number of carbonyl (C=O) groups is 1. The van der Waals surface area contributed by atoms with Crippen LogP contribution in [-0.2, 0) is 9.53 Å². The third-order valence-corrected chi connectivity index (χ3v) is 2.92. The molecule has 4 atom stereocenters. The van der Waals surface area contributed by atoms with Crippen LogP contribution in [0.4, 0.5) is 0 Å². The number of fused-ring (bicyclic) bond motifs is 5. The minimum absolute atomic E-state index is 0.0722. The van der Waals surface area contributed by atoms with E-state index in [0.29, 0.717) is 5.92 Å². The Morgan fingerprint density at radius 3 is 2.55 bits per heavy atom. The Labute approximate surface area is 64.5 Å². The van der Waals surface area contributed by atoms with Crippen LogP contribution in [0.3, 0.4) is 0 Å². The Kier molecular flexibility index (Phi) is 0.771. The Bertz CT molecular complexity index is 262. The van der Waals surface area contributed by atoms with Crippen molar-refractivity contribution in [3.63, 3.8) is 0 Å². The maximum Gasteiger partial charge on any atom is 0.165 e. The normalized spacial score (nSPS) is 51.3. The van der Waals surface area contributed by atoms with E-state index < -0.39 is 0 Å². The van der Waals surface area contributed by atoms with Gasteiger partial charge in [-0.2, -0.15) is 0 Å². The van der Waals surface area contributed by atoms with Gasteiger partial charge in [0, 0.05) is 5.92 Å². The summed E-state index contributed by atoms with van der Waals surface area (Å²) in [6.07, 6.45) is 4.28. The van der Waals surface area contributed by atoms with Crippen LogP contribution in [0.25, 0.3) is 0 Å². The number of rotatable bonds is 0. The van der Waals surface area contributed by atoms with Gasteiger partial charge >= 0.3 is 0 Å². The summed E-state index contributed by atoms with van der Waals surface area (Å²) in [6.45, 7) is 3.74. The first-order chi connectivity index (χ1) is 5.29. The number of ketones is 1. The maximum atomic E-state index is 11.2. The molecule has 1 saturated carbocycles. The molecule has 0 N–H and O–H groups in total. The van der Waals surface area contributed by atoms with Gasteiger partial charge in [-0.05, 0) is 5.57 Å². The SMILES string of the molecule is C=C1C(=O)C2C3C=CC(O3)C12. The van der Waals surface area contributed by atoms with E-state index >= 15 is 0 Å². The fourth-order valence-electron chi connectivity index (χ4n) is 2.32. The summed E-state index contributed by atoms with van der Waals surface area (Å²) in [6, 6.07) is 0. The van der Waals surface area contributed by atoms with Crippen molar-refractivity contribution in [2.24, 2.45) is 11.8 Å². The minimum Gasteiger partial charge on any atom is -0.365 e. The van der Waals surface area contributed by atoms with Crippen molar-refractivity contribution in [1.82, 2.24) is 0 Å². The van der Waals surface area contributed by atoms with Crippen LogP contribution in [-0.4, -0.2) is 18.0 Å². The van der Waals surface area contributed by atoms with Crippen molar-refractivity contribution in [2.45, 2.75) is 12.2 Å². The molecular weight excluding hydrogens is 140 g/mol. The molecule has 0 aromatic carbocycles. The summed E-state index contributed by atoms with van der Waals surface area (Å²) in [7, 11) is 0. The number of carbonyl (C=O) groups excluding carboxylic acids is 1. The van der Waals surface area contributed by atoms with E-state index in [0.717, 1.165) is 5.57 Å². The summed E-state index contributed by atoms with van der Waals surface area (Å²) in [4.78, 5) is 11.2. The molecule has 2 heterocycles. The molecule has 0 amide bonds. The molecule has 2 nitrogen and oxygen atoms in total. The van der Waals surface area contributed by atoms with E-state index in [9.17, 15) is 4.79 Å². The standard InChI is InChI=1S/C9H8O2/c1-4-7-5-2-3-6(11-5)8(7)9(4)10/h2-3,5-8H,1H2. The number of ether oxygens (including phenoxy) is 1. The van der Waals surface area contributed by atoms with Gasteiger partial charge in [0.25, 0.3) is 0 Å². The van der Waals surface area contributed by atoms with Gasteiger partial charge in [-0.1, -0.05) is 18.7 Å². The largest absolute Gasteiger partial charge is 0.365 e. The lowest BCUT2D eigenvalue weighted by Gasteiger charge is -2.35. The lowest BCUT2D eigenvalue weighted by Crippen LogP contribution is -2.44. The lowest BCUT2D eigenvalue weighted by molar-refractivity contribution is -0.126. The Morgan fingerprint density at radius 1 is 1.27 bits per heavy atom. The van der Waals surface area contributed by atoms with Crippen molar-refractivity contribution in [3.8, 4) is 0 Å². The molecule has 2 fully saturated rings. The molecule has 0 aromatic rings. The molecule has 4 unspecified atom stereocenters. The zero-order valence-electron chi connectivity index (χ0n) is 5.99. The molecule has 3 aliphatic rings. The zero-order valence-corrected chi connectivity index (χ0v) is 5.99. The third kappa shape index (κ3) is 0.447. The fraction of sp³-hybridized carbons (Fsp3) is 0.444. The zero-order chi connectivity index (χ0) is 7.59. The molecule has 2 bridgehead atoms. The van der Waals surface area contributed by atoms with Crippen LogP contribution in [0.1, 0.15) is 0 Å². The van der Waals surface area contributed by atoms with E-state index in [2.05, 4.69) is 6.58 Å². The summed E-state index contributed by atoms with van der Waals surface area (Å²) in [5, 5.41) is 0. The molecule has 2 heteroatoms. The first kappa shape index (κ1) is 5.72. The second-order valence-electron chi connectivity index (χ2n) is 3.39. The van der Waals surface area contributed by atoms with Crippen LogP contribution < -0.4 is 0 Å². The highest BCUT2D eigenvalue weighted by Crippen LogP contribution is 2.51. The smallest absolute Gasteiger partial charge is 0.165 e. The molecule has 0 radical (unpaired) electrons. The molecule has 0 spiro atoms. The van der Waals surface area contributed by atoms with E-state index in [1.54, 1.807) is 0 Å². The van der Waals surface area contributed by atoms with Gasteiger partial charge in [0.05, 0.1) is 18.1 Å². The van der Waals surface area contributed by atoms with Crippen LogP contribution in [0.15, 0.2) is 24.3 Å². The van der Waals surface area contributed by atoms with Crippen LogP contribution in [0.2, 0.25) is 0 Å². The molecule has 1 saturated heterocycles. The average Bonchev–Trinajstić information content (AvgIpc) is 2.58. The maximum absolute atomic E-state index is 11.2. The van der Waals surface area contributed by atoms with Gasteiger partial charge in [-0.25, -0.2) is 0 Å². The van der Waals surface area contributed by atoms with E-state index in [4.69, 9.17) is 4.74 Å². The Morgan fingerprint density at radius 2 is 1.91 bits per heavy atom. The second-order valence-corrected chi connectivity index (χ2v) is 3.39. The Balaban J connectivity index is 2.08. The monoisotopic (exact) mass is 148 g/mol. The minimum atomic E-state index is 0.0722. The van der Waals surface area contributed by atoms with Gasteiger partial charge in [-0.3, -0.25) is 4.79 Å². The quantitative estimate of drug-likeness (QED) is 0.373. The van der Waals surface area contributed by atoms with Gasteiger partial charge in [0.2, 0.25) is 0 Å². The van der Waals surface area contributed by atoms with Crippen molar-refractivity contribution in [3.05, 3.63) is 24.3 Å². The van der Waals surface area contributed by atoms with Gasteiger partial charge < -0.3 is 4.74 Å². The molecule has 0 aromatic heterocycles. The van der Waals surface area contributed by atoms with Crippen molar-refractivity contribution in [1.29, 1.82) is 0 Å². The highest BCUT2D eigenvalue weighted by atomic mass is 16.5. The van der Waals surface area contributed by atoms with Crippen LogP contribution in [0, 0.1) is 11.8 Å². The lowest BCUT2D eigenvalue weighted by atomic mass is 9.64.